The minimum Gasteiger partial charge on any atom is -0.378 e. The van der Waals surface area contributed by atoms with Crippen LogP contribution in [0.5, 0.6) is 0 Å². The first-order valence-corrected chi connectivity index (χ1v) is 8.37. The molecule has 1 fully saturated rings. The number of ether oxygens (including phenoxy) is 1. The lowest BCUT2D eigenvalue weighted by Crippen LogP contribution is -2.36. The molecule has 0 aromatic heterocycles. The summed E-state index contributed by atoms with van der Waals surface area (Å²) < 4.78 is 5.34. The molecule has 1 aliphatic heterocycles. The zero-order valence-corrected chi connectivity index (χ0v) is 14.7. The SMILES string of the molecule is CC(C)(C)C(=O)NCCC(=O)Nc1ccc(N2CCOCC2)cc1. The molecular formula is C18H27N3O3. The van der Waals surface area contributed by atoms with Crippen LogP contribution >= 0.6 is 0 Å². The zero-order valence-electron chi connectivity index (χ0n) is 14.7. The molecule has 24 heavy (non-hydrogen) atoms. The van der Waals surface area contributed by atoms with Crippen LogP contribution < -0.4 is 15.5 Å². The Morgan fingerprint density at radius 2 is 1.75 bits per heavy atom. The molecule has 2 amide bonds. The second-order valence-electron chi connectivity index (χ2n) is 6.95. The van der Waals surface area contributed by atoms with E-state index in [4.69, 9.17) is 4.74 Å². The van der Waals surface area contributed by atoms with Crippen LogP contribution in [0.25, 0.3) is 0 Å². The number of carbonyl (C=O) groups excluding carboxylic acids is 2. The van der Waals surface area contributed by atoms with Crippen molar-refractivity contribution in [1.29, 1.82) is 0 Å². The molecule has 2 N–H and O–H groups in total. The van der Waals surface area contributed by atoms with E-state index in [-0.39, 0.29) is 18.2 Å². The lowest BCUT2D eigenvalue weighted by molar-refractivity contribution is -0.128. The number of nitrogens with one attached hydrogen (secondary N) is 2. The van der Waals surface area contributed by atoms with Crippen molar-refractivity contribution in [2.45, 2.75) is 27.2 Å². The van der Waals surface area contributed by atoms with Crippen molar-refractivity contribution in [3.63, 3.8) is 0 Å². The summed E-state index contributed by atoms with van der Waals surface area (Å²) in [5.74, 6) is -0.159. The van der Waals surface area contributed by atoms with Crippen LogP contribution in [0.15, 0.2) is 24.3 Å². The molecule has 2 rings (SSSR count). The second-order valence-corrected chi connectivity index (χ2v) is 6.95. The van der Waals surface area contributed by atoms with Crippen molar-refractivity contribution in [2.24, 2.45) is 5.41 Å². The molecule has 6 heteroatoms. The largest absolute Gasteiger partial charge is 0.378 e. The standard InChI is InChI=1S/C18H27N3O3/c1-18(2,3)17(23)19-9-8-16(22)20-14-4-6-15(7-5-14)21-10-12-24-13-11-21/h4-7H,8-13H2,1-3H3,(H,19,23)(H,20,22). The third kappa shape index (κ3) is 5.53. The summed E-state index contributed by atoms with van der Waals surface area (Å²) in [5.41, 5.74) is 1.46. The van der Waals surface area contributed by atoms with Gasteiger partial charge in [-0.15, -0.1) is 0 Å². The average molecular weight is 333 g/mol. The van der Waals surface area contributed by atoms with E-state index in [9.17, 15) is 9.59 Å². The number of rotatable bonds is 5. The van der Waals surface area contributed by atoms with Gasteiger partial charge in [-0.2, -0.15) is 0 Å². The topological polar surface area (TPSA) is 70.7 Å². The predicted molar refractivity (Wildman–Crippen MR) is 95.2 cm³/mol. The van der Waals surface area contributed by atoms with Crippen LogP contribution in [-0.4, -0.2) is 44.7 Å². The summed E-state index contributed by atoms with van der Waals surface area (Å²) in [6.45, 7) is 9.15. The van der Waals surface area contributed by atoms with Crippen molar-refractivity contribution in [2.75, 3.05) is 43.1 Å². The van der Waals surface area contributed by atoms with Crippen molar-refractivity contribution < 1.29 is 14.3 Å². The number of nitrogens with zero attached hydrogens (tertiary/aromatic N) is 1. The van der Waals surface area contributed by atoms with Gasteiger partial charge >= 0.3 is 0 Å². The van der Waals surface area contributed by atoms with Crippen molar-refractivity contribution in [1.82, 2.24) is 5.32 Å². The van der Waals surface area contributed by atoms with Gasteiger partial charge in [-0.1, -0.05) is 20.8 Å². The Balaban J connectivity index is 1.76. The summed E-state index contributed by atoms with van der Waals surface area (Å²) in [7, 11) is 0. The molecule has 6 nitrogen and oxygen atoms in total. The van der Waals surface area contributed by atoms with Gasteiger partial charge in [0.2, 0.25) is 11.8 Å². The molecule has 0 spiro atoms. The number of benzene rings is 1. The maximum Gasteiger partial charge on any atom is 0.226 e. The molecule has 132 valence electrons. The van der Waals surface area contributed by atoms with E-state index < -0.39 is 5.41 Å². The van der Waals surface area contributed by atoms with Crippen LogP contribution in [0, 0.1) is 5.41 Å². The van der Waals surface area contributed by atoms with Crippen molar-refractivity contribution in [3.05, 3.63) is 24.3 Å². The van der Waals surface area contributed by atoms with Crippen LogP contribution in [-0.2, 0) is 14.3 Å². The maximum absolute atomic E-state index is 11.9. The van der Waals surface area contributed by atoms with Gasteiger partial charge in [0.1, 0.15) is 0 Å². The molecule has 0 bridgehead atoms. The molecule has 1 aromatic rings. The fourth-order valence-corrected chi connectivity index (χ4v) is 2.36. The zero-order chi connectivity index (χ0) is 17.6. The number of morpholine rings is 1. The average Bonchev–Trinajstić information content (AvgIpc) is 2.55. The summed E-state index contributed by atoms with van der Waals surface area (Å²) in [6.07, 6.45) is 0.257. The van der Waals surface area contributed by atoms with Crippen LogP contribution in [0.1, 0.15) is 27.2 Å². The number of carbonyl (C=O) groups is 2. The Kier molecular flexibility index (Phi) is 6.20. The quantitative estimate of drug-likeness (QED) is 0.865. The van der Waals surface area contributed by atoms with Gasteiger partial charge in [0.25, 0.3) is 0 Å². The summed E-state index contributed by atoms with van der Waals surface area (Å²) in [5, 5.41) is 5.62. The first-order chi connectivity index (χ1) is 11.4. The minimum absolute atomic E-state index is 0.0508. The third-order valence-corrected chi connectivity index (χ3v) is 3.85. The highest BCUT2D eigenvalue weighted by atomic mass is 16.5. The van der Waals surface area contributed by atoms with Gasteiger partial charge in [0, 0.05) is 42.8 Å². The van der Waals surface area contributed by atoms with E-state index in [1.165, 1.54) is 0 Å². The van der Waals surface area contributed by atoms with E-state index in [1.807, 2.05) is 45.0 Å². The number of anilines is 2. The fourth-order valence-electron chi connectivity index (χ4n) is 2.36. The highest BCUT2D eigenvalue weighted by Gasteiger charge is 2.20. The second kappa shape index (κ2) is 8.15. The van der Waals surface area contributed by atoms with E-state index in [2.05, 4.69) is 15.5 Å². The Morgan fingerprint density at radius 3 is 2.33 bits per heavy atom. The first kappa shape index (κ1) is 18.3. The third-order valence-electron chi connectivity index (χ3n) is 3.85. The number of hydrogen-bond donors (Lipinski definition) is 2. The Morgan fingerprint density at radius 1 is 1.12 bits per heavy atom. The Hall–Kier alpha value is -2.08. The molecule has 0 atom stereocenters. The summed E-state index contributed by atoms with van der Waals surface area (Å²) in [4.78, 5) is 25.9. The van der Waals surface area contributed by atoms with Crippen molar-refractivity contribution in [3.8, 4) is 0 Å². The van der Waals surface area contributed by atoms with E-state index >= 15 is 0 Å². The lowest BCUT2D eigenvalue weighted by Gasteiger charge is -2.28. The molecular weight excluding hydrogens is 306 g/mol. The van der Waals surface area contributed by atoms with E-state index in [0.29, 0.717) is 6.54 Å². The first-order valence-electron chi connectivity index (χ1n) is 8.37. The Bertz CT molecular complexity index is 558. The van der Waals surface area contributed by atoms with Crippen molar-refractivity contribution >= 4 is 23.2 Å². The Labute approximate surface area is 143 Å². The maximum atomic E-state index is 11.9. The van der Waals surface area contributed by atoms with Crippen LogP contribution in [0.4, 0.5) is 11.4 Å². The predicted octanol–water partition coefficient (Wildman–Crippen LogP) is 2.01. The van der Waals surface area contributed by atoms with E-state index in [0.717, 1.165) is 37.7 Å². The molecule has 1 heterocycles. The molecule has 0 aliphatic carbocycles. The molecule has 0 saturated carbocycles. The normalized spacial score (nSPS) is 15.0. The molecule has 1 aliphatic rings. The van der Waals surface area contributed by atoms with E-state index in [1.54, 1.807) is 0 Å². The molecule has 1 saturated heterocycles. The minimum atomic E-state index is -0.439. The van der Waals surface area contributed by atoms with Gasteiger partial charge in [-0.3, -0.25) is 9.59 Å². The fraction of sp³-hybridized carbons (Fsp3) is 0.556. The lowest BCUT2D eigenvalue weighted by atomic mass is 9.96. The summed E-state index contributed by atoms with van der Waals surface area (Å²) >= 11 is 0. The molecule has 0 unspecified atom stereocenters. The molecule has 0 radical (unpaired) electrons. The van der Waals surface area contributed by atoms with Crippen LogP contribution in [0.3, 0.4) is 0 Å². The number of hydrogen-bond acceptors (Lipinski definition) is 4. The van der Waals surface area contributed by atoms with Gasteiger partial charge in [0.05, 0.1) is 13.2 Å². The van der Waals surface area contributed by atoms with Gasteiger partial charge in [0.15, 0.2) is 0 Å². The highest BCUT2D eigenvalue weighted by molar-refractivity contribution is 5.91. The number of amides is 2. The summed E-state index contributed by atoms with van der Waals surface area (Å²) in [6, 6.07) is 7.80. The van der Waals surface area contributed by atoms with Gasteiger partial charge < -0.3 is 20.3 Å². The monoisotopic (exact) mass is 333 g/mol. The smallest absolute Gasteiger partial charge is 0.226 e. The van der Waals surface area contributed by atoms with Crippen LogP contribution in [0.2, 0.25) is 0 Å². The highest BCUT2D eigenvalue weighted by Crippen LogP contribution is 2.19. The molecule has 1 aromatic carbocycles. The van der Waals surface area contributed by atoms with Gasteiger partial charge in [-0.05, 0) is 24.3 Å². The van der Waals surface area contributed by atoms with Gasteiger partial charge in [-0.25, -0.2) is 0 Å².